The van der Waals surface area contributed by atoms with E-state index in [0.29, 0.717) is 24.2 Å². The van der Waals surface area contributed by atoms with Crippen molar-refractivity contribution in [3.05, 3.63) is 108 Å². The van der Waals surface area contributed by atoms with E-state index in [1.54, 1.807) is 40.0 Å². The Morgan fingerprint density at radius 2 is 1.20 bits per heavy atom. The van der Waals surface area contributed by atoms with Gasteiger partial charge in [0.25, 0.3) is 5.91 Å². The highest BCUT2D eigenvalue weighted by atomic mass is 16.2. The van der Waals surface area contributed by atoms with Crippen LogP contribution in [0.4, 0.5) is 0 Å². The number of nitrogens with one attached hydrogen (secondary N) is 4. The summed E-state index contributed by atoms with van der Waals surface area (Å²) in [6, 6.07) is 26.5. The molecule has 13 heteroatoms. The predicted molar refractivity (Wildman–Crippen MR) is 251 cm³/mol. The fraction of sp³-hybridized carbons (Fsp3) is 0.519. The lowest BCUT2D eigenvalue weighted by Crippen LogP contribution is -2.49. The third-order valence-corrected chi connectivity index (χ3v) is 13.3. The fourth-order valence-corrected chi connectivity index (χ4v) is 9.19. The molecule has 7 atom stereocenters. The van der Waals surface area contributed by atoms with E-state index in [2.05, 4.69) is 69.7 Å². The lowest BCUT2D eigenvalue weighted by Gasteiger charge is -2.18. The largest absolute Gasteiger partial charge is 0.354 e. The first-order chi connectivity index (χ1) is 31.7. The van der Waals surface area contributed by atoms with Gasteiger partial charge in [-0.3, -0.25) is 24.0 Å². The molecule has 0 bridgehead atoms. The molecule has 7 rings (SSSR count). The Hall–Kier alpha value is -5.85. The minimum Gasteiger partial charge on any atom is -0.354 e. The highest BCUT2D eigenvalue weighted by Gasteiger charge is 2.49. The van der Waals surface area contributed by atoms with Gasteiger partial charge in [0.1, 0.15) is 11.7 Å². The smallest absolute Gasteiger partial charge is 0.253 e. The topological polar surface area (TPSA) is 167 Å². The predicted octanol–water partition coefficient (Wildman–Crippen LogP) is 7.30. The first kappa shape index (κ1) is 47.1. The molecule has 1 saturated heterocycles. The molecule has 2 aliphatic carbocycles. The number of carbonyl (C=O) groups excluding carboxylic acids is 5. The summed E-state index contributed by atoms with van der Waals surface area (Å²) in [6.45, 7) is 5.28. The SMILES string of the molecule is CCCCCCCCCC(=O)N[C@@H](Cn1cc(-c2ccc(C(=O)N3C[C@@H](C(=O)N[C@H]4C[C@@H]4c4ccccc4)[C@H](C(=O)N[C@H]4C[C@@H]4c4ccccc4)C3)cc2)nn1)C(=O)NCCCCCC. The molecule has 1 aliphatic heterocycles. The Labute approximate surface area is 384 Å². The second kappa shape index (κ2) is 23.4. The molecule has 0 spiro atoms. The van der Waals surface area contributed by atoms with Crippen LogP contribution in [0.25, 0.3) is 11.3 Å². The van der Waals surface area contributed by atoms with Crippen LogP contribution in [0.5, 0.6) is 0 Å². The summed E-state index contributed by atoms with van der Waals surface area (Å²) in [5.41, 5.74) is 4.06. The zero-order chi connectivity index (χ0) is 45.5. The van der Waals surface area contributed by atoms with Gasteiger partial charge >= 0.3 is 0 Å². The molecular weight excluding hydrogens is 817 g/mol. The maximum Gasteiger partial charge on any atom is 0.253 e. The molecule has 4 N–H and O–H groups in total. The standard InChI is InChI=1S/C52H68N8O5/c1-3-5-7-9-10-11-18-24-48(61)54-47(51(64)53-29-19-8-6-4-2)35-60-34-46(57-58-60)38-25-27-39(28-26-38)52(65)59-32-42(49(62)55-44-30-40(44)36-20-14-12-15-21-36)43(33-59)50(63)56-45-31-41(45)37-22-16-13-17-23-37/h12-17,20-23,25-28,34,40-45,47H,3-11,18-19,24,29-33,35H2,1-2H3,(H,53,64)(H,54,61)(H,55,62)(H,56,63)/t40-,41-,42-,43-,44+,45+,47+/m1/s1. The van der Waals surface area contributed by atoms with Gasteiger partial charge in [-0.2, -0.15) is 0 Å². The van der Waals surface area contributed by atoms with Crippen LogP contribution < -0.4 is 21.3 Å². The van der Waals surface area contributed by atoms with Gasteiger partial charge in [-0.05, 0) is 48.9 Å². The van der Waals surface area contributed by atoms with Crippen molar-refractivity contribution in [2.45, 2.75) is 140 Å². The molecule has 13 nitrogen and oxygen atoms in total. The van der Waals surface area contributed by atoms with Gasteiger partial charge in [-0.25, -0.2) is 4.68 Å². The molecular formula is C52H68N8O5. The number of unbranched alkanes of at least 4 members (excludes halogenated alkanes) is 9. The van der Waals surface area contributed by atoms with Crippen LogP contribution in [-0.4, -0.2) is 87.2 Å². The van der Waals surface area contributed by atoms with Crippen molar-refractivity contribution in [1.82, 2.24) is 41.2 Å². The maximum absolute atomic E-state index is 14.1. The quantitative estimate of drug-likeness (QED) is 0.0507. The first-order valence-corrected chi connectivity index (χ1v) is 24.3. The second-order valence-corrected chi connectivity index (χ2v) is 18.4. The highest BCUT2D eigenvalue weighted by molar-refractivity contribution is 5.97. The third kappa shape index (κ3) is 13.4. The Morgan fingerprint density at radius 3 is 1.77 bits per heavy atom. The van der Waals surface area contributed by atoms with Crippen LogP contribution in [0.1, 0.15) is 137 Å². The minimum absolute atomic E-state index is 0.00315. The molecule has 0 unspecified atom stereocenters. The molecule has 3 fully saturated rings. The van der Waals surface area contributed by atoms with Crippen molar-refractivity contribution < 1.29 is 24.0 Å². The van der Waals surface area contributed by atoms with Crippen LogP contribution in [-0.2, 0) is 25.7 Å². The molecule has 346 valence electrons. The number of nitrogens with zero attached hydrogens (tertiary/aromatic N) is 4. The number of benzene rings is 3. The first-order valence-electron chi connectivity index (χ1n) is 24.3. The lowest BCUT2D eigenvalue weighted by molar-refractivity contribution is -0.133. The van der Waals surface area contributed by atoms with E-state index >= 15 is 0 Å². The van der Waals surface area contributed by atoms with Crippen LogP contribution in [0.2, 0.25) is 0 Å². The highest BCUT2D eigenvalue weighted by Crippen LogP contribution is 2.42. The molecule has 65 heavy (non-hydrogen) atoms. The summed E-state index contributed by atoms with van der Waals surface area (Å²) in [5.74, 6) is -1.94. The van der Waals surface area contributed by atoms with Crippen molar-refractivity contribution >= 4 is 29.5 Å². The average Bonchev–Trinajstić information content (AvgIpc) is 4.16. The zero-order valence-corrected chi connectivity index (χ0v) is 38.3. The summed E-state index contributed by atoms with van der Waals surface area (Å²) in [6.07, 6.45) is 15.6. The lowest BCUT2D eigenvalue weighted by atomic mass is 9.94. The molecule has 4 aromatic rings. The summed E-state index contributed by atoms with van der Waals surface area (Å²) in [5, 5.41) is 21.0. The van der Waals surface area contributed by atoms with E-state index in [1.807, 2.05) is 36.4 Å². The third-order valence-electron chi connectivity index (χ3n) is 13.3. The van der Waals surface area contributed by atoms with Crippen molar-refractivity contribution in [2.24, 2.45) is 11.8 Å². The van der Waals surface area contributed by atoms with Gasteiger partial charge in [0.2, 0.25) is 23.6 Å². The van der Waals surface area contributed by atoms with E-state index in [1.165, 1.54) is 36.8 Å². The zero-order valence-electron chi connectivity index (χ0n) is 38.3. The molecule has 5 amide bonds. The van der Waals surface area contributed by atoms with Crippen molar-refractivity contribution in [3.63, 3.8) is 0 Å². The molecule has 1 aromatic heterocycles. The maximum atomic E-state index is 14.1. The summed E-state index contributed by atoms with van der Waals surface area (Å²) >= 11 is 0. The molecule has 3 aromatic carbocycles. The normalized spacial score (nSPS) is 21.3. The summed E-state index contributed by atoms with van der Waals surface area (Å²) in [4.78, 5) is 69.9. The minimum atomic E-state index is -0.811. The van der Waals surface area contributed by atoms with E-state index in [9.17, 15) is 24.0 Å². The fourth-order valence-electron chi connectivity index (χ4n) is 9.19. The van der Waals surface area contributed by atoms with E-state index in [4.69, 9.17) is 0 Å². The number of hydrogen-bond donors (Lipinski definition) is 4. The second-order valence-electron chi connectivity index (χ2n) is 18.4. The number of carbonyl (C=O) groups is 5. The molecule has 0 radical (unpaired) electrons. The van der Waals surface area contributed by atoms with Gasteiger partial charge in [0, 0.05) is 61.1 Å². The van der Waals surface area contributed by atoms with Crippen LogP contribution in [0, 0.1) is 11.8 Å². The number of hydrogen-bond acceptors (Lipinski definition) is 7. The Morgan fingerprint density at radius 1 is 0.662 bits per heavy atom. The Bertz CT molecular complexity index is 2100. The summed E-state index contributed by atoms with van der Waals surface area (Å²) < 4.78 is 1.57. The molecule has 2 saturated carbocycles. The Kier molecular flexibility index (Phi) is 16.9. The summed E-state index contributed by atoms with van der Waals surface area (Å²) in [7, 11) is 0. The van der Waals surface area contributed by atoms with Crippen molar-refractivity contribution in [3.8, 4) is 11.3 Å². The van der Waals surface area contributed by atoms with Gasteiger partial charge in [0.15, 0.2) is 0 Å². The van der Waals surface area contributed by atoms with E-state index in [-0.39, 0.29) is 73.1 Å². The number of aromatic nitrogens is 3. The number of amides is 5. The van der Waals surface area contributed by atoms with Crippen molar-refractivity contribution in [2.75, 3.05) is 19.6 Å². The number of likely N-dealkylation sites (tertiary alicyclic amines) is 1. The van der Waals surface area contributed by atoms with Gasteiger partial charge in [0.05, 0.1) is 24.6 Å². The number of rotatable bonds is 25. The Balaban J connectivity index is 0.968. The molecule has 2 heterocycles. The average molecular weight is 885 g/mol. The van der Waals surface area contributed by atoms with Crippen LogP contribution in [0.3, 0.4) is 0 Å². The monoisotopic (exact) mass is 885 g/mol. The van der Waals surface area contributed by atoms with Crippen LogP contribution in [0.15, 0.2) is 91.1 Å². The van der Waals surface area contributed by atoms with E-state index in [0.717, 1.165) is 63.4 Å². The molecule has 3 aliphatic rings. The van der Waals surface area contributed by atoms with Gasteiger partial charge in [-0.1, -0.05) is 150 Å². The van der Waals surface area contributed by atoms with Gasteiger partial charge < -0.3 is 26.2 Å². The van der Waals surface area contributed by atoms with E-state index < -0.39 is 17.9 Å². The van der Waals surface area contributed by atoms with Crippen LogP contribution >= 0.6 is 0 Å². The van der Waals surface area contributed by atoms with Crippen molar-refractivity contribution in [1.29, 1.82) is 0 Å². The van der Waals surface area contributed by atoms with Gasteiger partial charge in [-0.15, -0.1) is 5.10 Å².